The largest absolute Gasteiger partial charge is 0.269 e. The van der Waals surface area contributed by atoms with Crippen molar-refractivity contribution in [3.05, 3.63) is 35.4 Å². The second-order valence-electron chi connectivity index (χ2n) is 2.34. The zero-order chi connectivity index (χ0) is 6.69. The quantitative estimate of drug-likeness (QED) is 0.562. The maximum absolute atomic E-state index is 2.18. The minimum Gasteiger partial charge on any atom is -0.269 e. The fraction of sp³-hybridized carbons (Fsp3) is 0.333. The second-order valence-corrected chi connectivity index (χ2v) is 2.34. The smallest absolute Gasteiger partial charge is 0.0307 e. The molecule has 0 atom stereocenters. The SMILES string of the molecule is CCc1ccc(C)cc1.F. The molecule has 0 aliphatic carbocycles. The summed E-state index contributed by atoms with van der Waals surface area (Å²) in [5.74, 6) is 0. The average Bonchev–Trinajstić information content (AvgIpc) is 1.90. The van der Waals surface area contributed by atoms with Crippen LogP contribution in [0.3, 0.4) is 0 Å². The number of hydrogen-bond donors (Lipinski definition) is 0. The van der Waals surface area contributed by atoms with Crippen LogP contribution < -0.4 is 0 Å². The normalized spacial score (nSPS) is 8.60. The van der Waals surface area contributed by atoms with Gasteiger partial charge in [-0.2, -0.15) is 0 Å². The first kappa shape index (κ1) is 9.15. The molecule has 0 aliphatic rings. The van der Waals surface area contributed by atoms with E-state index in [1.165, 1.54) is 11.1 Å². The summed E-state index contributed by atoms with van der Waals surface area (Å²) in [7, 11) is 0. The highest BCUT2D eigenvalue weighted by molar-refractivity contribution is 5.20. The summed E-state index contributed by atoms with van der Waals surface area (Å²) in [5.41, 5.74) is 2.76. The van der Waals surface area contributed by atoms with Crippen LogP contribution in [0.4, 0.5) is 4.70 Å². The summed E-state index contributed by atoms with van der Waals surface area (Å²) in [6.07, 6.45) is 1.14. The van der Waals surface area contributed by atoms with Crippen LogP contribution in [0, 0.1) is 6.92 Å². The Balaban J connectivity index is 0.000000810. The Morgan fingerprint density at radius 2 is 1.60 bits per heavy atom. The summed E-state index contributed by atoms with van der Waals surface area (Å²) in [6, 6.07) is 8.66. The van der Waals surface area contributed by atoms with Crippen LogP contribution in [-0.2, 0) is 6.42 Å². The Bertz CT molecular complexity index is 176. The molecule has 0 nitrogen and oxygen atoms in total. The highest BCUT2D eigenvalue weighted by Gasteiger charge is 1.84. The van der Waals surface area contributed by atoms with Gasteiger partial charge in [0.05, 0.1) is 0 Å². The van der Waals surface area contributed by atoms with E-state index in [1.807, 2.05) is 0 Å². The third-order valence-corrected chi connectivity index (χ3v) is 1.53. The van der Waals surface area contributed by atoms with Crippen LogP contribution in [0.5, 0.6) is 0 Å². The number of rotatable bonds is 1. The lowest BCUT2D eigenvalue weighted by atomic mass is 10.1. The van der Waals surface area contributed by atoms with E-state index >= 15 is 0 Å². The van der Waals surface area contributed by atoms with Crippen molar-refractivity contribution in [3.63, 3.8) is 0 Å². The zero-order valence-electron chi connectivity index (χ0n) is 6.42. The molecule has 0 spiro atoms. The van der Waals surface area contributed by atoms with Crippen molar-refractivity contribution in [2.24, 2.45) is 0 Å². The van der Waals surface area contributed by atoms with E-state index < -0.39 is 0 Å². The van der Waals surface area contributed by atoms with E-state index in [9.17, 15) is 0 Å². The molecule has 0 aromatic heterocycles. The Hall–Kier alpha value is -0.850. The van der Waals surface area contributed by atoms with Crippen molar-refractivity contribution in [3.8, 4) is 0 Å². The van der Waals surface area contributed by atoms with Gasteiger partial charge >= 0.3 is 0 Å². The minimum atomic E-state index is 0. The summed E-state index contributed by atoms with van der Waals surface area (Å²) in [4.78, 5) is 0. The second kappa shape index (κ2) is 4.04. The van der Waals surface area contributed by atoms with E-state index in [2.05, 4.69) is 38.1 Å². The zero-order valence-corrected chi connectivity index (χ0v) is 6.42. The molecule has 1 rings (SSSR count). The molecular formula is C9H13F. The molecule has 1 aromatic carbocycles. The van der Waals surface area contributed by atoms with Gasteiger partial charge in [-0.15, -0.1) is 0 Å². The van der Waals surface area contributed by atoms with Crippen molar-refractivity contribution in [1.29, 1.82) is 0 Å². The monoisotopic (exact) mass is 140 g/mol. The topological polar surface area (TPSA) is 0 Å². The van der Waals surface area contributed by atoms with Crippen LogP contribution in [0.1, 0.15) is 18.1 Å². The molecule has 0 radical (unpaired) electrons. The Morgan fingerprint density at radius 3 is 2.00 bits per heavy atom. The van der Waals surface area contributed by atoms with Crippen molar-refractivity contribution >= 4 is 0 Å². The molecule has 0 amide bonds. The van der Waals surface area contributed by atoms with Gasteiger partial charge in [0, 0.05) is 0 Å². The summed E-state index contributed by atoms with van der Waals surface area (Å²) < 4.78 is 0. The van der Waals surface area contributed by atoms with Crippen LogP contribution in [-0.4, -0.2) is 0 Å². The fourth-order valence-corrected chi connectivity index (χ4v) is 0.824. The van der Waals surface area contributed by atoms with Gasteiger partial charge in [-0.1, -0.05) is 36.8 Å². The molecule has 0 bridgehead atoms. The molecule has 1 heteroatoms. The summed E-state index contributed by atoms with van der Waals surface area (Å²) in [5, 5.41) is 0. The first-order valence-electron chi connectivity index (χ1n) is 3.38. The van der Waals surface area contributed by atoms with Gasteiger partial charge in [-0.25, -0.2) is 0 Å². The fourth-order valence-electron chi connectivity index (χ4n) is 0.824. The number of halogens is 1. The maximum atomic E-state index is 2.18. The number of hydrogen-bond acceptors (Lipinski definition) is 0. The van der Waals surface area contributed by atoms with Crippen LogP contribution in [0.15, 0.2) is 24.3 Å². The third kappa shape index (κ3) is 2.18. The van der Waals surface area contributed by atoms with E-state index in [1.54, 1.807) is 0 Å². The predicted molar refractivity (Wildman–Crippen MR) is 43.1 cm³/mol. The first-order valence-corrected chi connectivity index (χ1v) is 3.38. The molecule has 0 saturated heterocycles. The van der Waals surface area contributed by atoms with Gasteiger partial charge in [0.1, 0.15) is 0 Å². The van der Waals surface area contributed by atoms with Crippen LogP contribution >= 0.6 is 0 Å². The Morgan fingerprint density at radius 1 is 1.10 bits per heavy atom. The van der Waals surface area contributed by atoms with Gasteiger partial charge < -0.3 is 0 Å². The van der Waals surface area contributed by atoms with Crippen LogP contribution in [0.25, 0.3) is 0 Å². The molecule has 0 aliphatic heterocycles. The Labute approximate surface area is 61.3 Å². The van der Waals surface area contributed by atoms with Gasteiger partial charge in [-0.05, 0) is 18.9 Å². The van der Waals surface area contributed by atoms with E-state index in [0.29, 0.717) is 0 Å². The molecular weight excluding hydrogens is 127 g/mol. The Kier molecular flexibility index (Phi) is 3.70. The molecule has 0 saturated carbocycles. The minimum absolute atomic E-state index is 0. The van der Waals surface area contributed by atoms with Gasteiger partial charge in [0.25, 0.3) is 0 Å². The molecule has 56 valence electrons. The van der Waals surface area contributed by atoms with E-state index in [-0.39, 0.29) is 4.70 Å². The molecule has 0 fully saturated rings. The molecule has 0 unspecified atom stereocenters. The lowest BCUT2D eigenvalue weighted by Crippen LogP contribution is -1.77. The van der Waals surface area contributed by atoms with Crippen molar-refractivity contribution in [2.75, 3.05) is 0 Å². The lowest BCUT2D eigenvalue weighted by Gasteiger charge is -1.94. The molecule has 0 N–H and O–H groups in total. The lowest BCUT2D eigenvalue weighted by molar-refractivity contribution is 1.11. The maximum Gasteiger partial charge on any atom is -0.0307 e. The standard InChI is InChI=1S/C9H12.FH/c1-3-9-6-4-8(2)5-7-9;/h4-7H,3H2,1-2H3;1H. The molecule has 0 heterocycles. The van der Waals surface area contributed by atoms with Crippen molar-refractivity contribution < 1.29 is 4.70 Å². The summed E-state index contributed by atoms with van der Waals surface area (Å²) >= 11 is 0. The molecule has 10 heavy (non-hydrogen) atoms. The van der Waals surface area contributed by atoms with Gasteiger partial charge in [0.2, 0.25) is 0 Å². The van der Waals surface area contributed by atoms with Crippen LogP contribution in [0.2, 0.25) is 0 Å². The van der Waals surface area contributed by atoms with Gasteiger partial charge in [0.15, 0.2) is 0 Å². The third-order valence-electron chi connectivity index (χ3n) is 1.53. The molecule has 1 aromatic rings. The first-order chi connectivity index (χ1) is 4.33. The number of benzene rings is 1. The van der Waals surface area contributed by atoms with E-state index in [4.69, 9.17) is 0 Å². The van der Waals surface area contributed by atoms with E-state index in [0.717, 1.165) is 6.42 Å². The highest BCUT2D eigenvalue weighted by atomic mass is 19.0. The van der Waals surface area contributed by atoms with Crippen molar-refractivity contribution in [2.45, 2.75) is 20.3 Å². The number of aryl methyl sites for hydroxylation is 2. The van der Waals surface area contributed by atoms with Gasteiger partial charge in [-0.3, -0.25) is 4.70 Å². The summed E-state index contributed by atoms with van der Waals surface area (Å²) in [6.45, 7) is 4.28. The van der Waals surface area contributed by atoms with Crippen molar-refractivity contribution in [1.82, 2.24) is 0 Å². The predicted octanol–water partition coefficient (Wildman–Crippen LogP) is 2.71. The average molecular weight is 140 g/mol. The highest BCUT2D eigenvalue weighted by Crippen LogP contribution is 2.02.